The van der Waals surface area contributed by atoms with E-state index in [2.05, 4.69) is 15.5 Å². The molecule has 2 N–H and O–H groups in total. The van der Waals surface area contributed by atoms with E-state index in [0.717, 1.165) is 31.5 Å². The molecule has 1 fully saturated rings. The van der Waals surface area contributed by atoms with E-state index in [4.69, 9.17) is 4.98 Å². The third-order valence-electron chi connectivity index (χ3n) is 5.20. The molecule has 7 heteroatoms. The van der Waals surface area contributed by atoms with Crippen molar-refractivity contribution in [2.24, 2.45) is 0 Å². The quantitative estimate of drug-likeness (QED) is 0.577. The predicted octanol–water partition coefficient (Wildman–Crippen LogP) is 4.75. The number of hydrogen-bond donors (Lipinski definition) is 2. The van der Waals surface area contributed by atoms with Gasteiger partial charge in [-0.25, -0.2) is 13.8 Å². The van der Waals surface area contributed by atoms with Gasteiger partial charge in [0.25, 0.3) is 0 Å². The van der Waals surface area contributed by atoms with Crippen LogP contribution in [0.1, 0.15) is 24.0 Å². The maximum Gasteiger partial charge on any atom is 0.228 e. The molecule has 3 aromatic rings. The van der Waals surface area contributed by atoms with Crippen LogP contribution in [0.5, 0.6) is 0 Å². The fourth-order valence-corrected chi connectivity index (χ4v) is 3.64. The summed E-state index contributed by atoms with van der Waals surface area (Å²) in [4.78, 5) is 19.4. The summed E-state index contributed by atoms with van der Waals surface area (Å²) in [5, 5.41) is 6.18. The van der Waals surface area contributed by atoms with E-state index >= 15 is 0 Å². The average molecular weight is 422 g/mol. The van der Waals surface area contributed by atoms with Gasteiger partial charge in [-0.1, -0.05) is 24.3 Å². The molecule has 1 aliphatic rings. The van der Waals surface area contributed by atoms with Gasteiger partial charge in [-0.2, -0.15) is 0 Å². The largest absolute Gasteiger partial charge is 0.366 e. The molecule has 0 atom stereocenters. The number of amides is 1. The molecule has 0 aliphatic carbocycles. The van der Waals surface area contributed by atoms with E-state index in [0.29, 0.717) is 29.4 Å². The third kappa shape index (κ3) is 5.57. The van der Waals surface area contributed by atoms with Crippen molar-refractivity contribution in [3.8, 4) is 0 Å². The van der Waals surface area contributed by atoms with Crippen molar-refractivity contribution in [3.63, 3.8) is 0 Å². The highest BCUT2D eigenvalue weighted by atomic mass is 19.1. The van der Waals surface area contributed by atoms with E-state index in [-0.39, 0.29) is 24.0 Å². The van der Waals surface area contributed by atoms with Gasteiger partial charge >= 0.3 is 0 Å². The van der Waals surface area contributed by atoms with Gasteiger partial charge in [0.15, 0.2) is 5.82 Å². The molecule has 160 valence electrons. The summed E-state index contributed by atoms with van der Waals surface area (Å²) < 4.78 is 26.5. The molecule has 5 nitrogen and oxygen atoms in total. The van der Waals surface area contributed by atoms with Crippen LogP contribution in [0.3, 0.4) is 0 Å². The fraction of sp³-hybridized carbons (Fsp3) is 0.250. The van der Waals surface area contributed by atoms with Gasteiger partial charge in [-0.15, -0.1) is 0 Å². The van der Waals surface area contributed by atoms with Crippen LogP contribution < -0.4 is 15.5 Å². The third-order valence-corrected chi connectivity index (χ3v) is 5.20. The number of carbonyl (C=O) groups excluding carboxylic acids is 1. The Morgan fingerprint density at radius 3 is 2.45 bits per heavy atom. The van der Waals surface area contributed by atoms with Crippen molar-refractivity contribution in [1.29, 1.82) is 0 Å². The maximum atomic E-state index is 13.4. The van der Waals surface area contributed by atoms with Gasteiger partial charge in [0, 0.05) is 19.6 Å². The normalized spacial score (nSPS) is 13.3. The average Bonchev–Trinajstić information content (AvgIpc) is 3.29. The van der Waals surface area contributed by atoms with Crippen LogP contribution in [0, 0.1) is 11.6 Å². The van der Waals surface area contributed by atoms with E-state index in [1.165, 1.54) is 24.3 Å². The highest BCUT2D eigenvalue weighted by Crippen LogP contribution is 2.29. The molecule has 0 radical (unpaired) electrons. The van der Waals surface area contributed by atoms with Gasteiger partial charge < -0.3 is 15.5 Å². The Hall–Kier alpha value is -3.48. The molecule has 1 saturated heterocycles. The lowest BCUT2D eigenvalue weighted by Crippen LogP contribution is -2.23. The number of anilines is 3. The maximum absolute atomic E-state index is 13.4. The number of hydrogen-bond acceptors (Lipinski definition) is 4. The predicted molar refractivity (Wildman–Crippen MR) is 118 cm³/mol. The number of nitrogens with zero attached hydrogens (tertiary/aromatic N) is 2. The molecule has 4 rings (SSSR count). The minimum Gasteiger partial charge on any atom is -0.366 e. The molecule has 1 aliphatic heterocycles. The lowest BCUT2D eigenvalue weighted by molar-refractivity contribution is -0.115. The highest BCUT2D eigenvalue weighted by molar-refractivity contribution is 5.95. The summed E-state index contributed by atoms with van der Waals surface area (Å²) in [6.45, 7) is 2.26. The zero-order valence-electron chi connectivity index (χ0n) is 17.1. The van der Waals surface area contributed by atoms with Gasteiger partial charge in [0.1, 0.15) is 17.5 Å². The summed E-state index contributed by atoms with van der Waals surface area (Å²) in [6.07, 6.45) is 2.24. The van der Waals surface area contributed by atoms with Crippen LogP contribution in [-0.4, -0.2) is 24.0 Å². The van der Waals surface area contributed by atoms with E-state index in [9.17, 15) is 13.6 Å². The van der Waals surface area contributed by atoms with Crippen molar-refractivity contribution in [1.82, 2.24) is 4.98 Å². The number of halogens is 2. The standard InChI is InChI=1S/C24H24F2N4O/c25-19-8-6-17(7-9-19)16-27-22-11-10-21(24(29-22)30-12-1-2-13-30)28-23(31)15-18-4-3-5-20(26)14-18/h3-11,14H,1-2,12-13,15-16H2,(H,27,29)(H,28,31). The summed E-state index contributed by atoms with van der Waals surface area (Å²) in [6, 6.07) is 16.0. The van der Waals surface area contributed by atoms with Gasteiger partial charge in [-0.3, -0.25) is 4.79 Å². The first-order chi connectivity index (χ1) is 15.1. The monoisotopic (exact) mass is 422 g/mol. The van der Waals surface area contributed by atoms with Gasteiger partial charge in [-0.05, 0) is 60.4 Å². The fourth-order valence-electron chi connectivity index (χ4n) is 3.64. The number of carbonyl (C=O) groups is 1. The zero-order chi connectivity index (χ0) is 21.6. The number of benzene rings is 2. The van der Waals surface area contributed by atoms with E-state index in [1.807, 2.05) is 6.07 Å². The molecule has 0 bridgehead atoms. The summed E-state index contributed by atoms with van der Waals surface area (Å²) >= 11 is 0. The second kappa shape index (κ2) is 9.55. The summed E-state index contributed by atoms with van der Waals surface area (Å²) in [5.74, 6) is 0.543. The van der Waals surface area contributed by atoms with Crippen LogP contribution in [0.25, 0.3) is 0 Å². The van der Waals surface area contributed by atoms with Gasteiger partial charge in [0.05, 0.1) is 12.1 Å². The first kappa shape index (κ1) is 20.8. The number of pyridine rings is 1. The Bertz CT molecular complexity index is 1050. The molecular weight excluding hydrogens is 398 g/mol. The smallest absolute Gasteiger partial charge is 0.228 e. The second-order valence-corrected chi connectivity index (χ2v) is 7.60. The van der Waals surface area contributed by atoms with Crippen molar-refractivity contribution in [2.45, 2.75) is 25.8 Å². The molecule has 0 spiro atoms. The Balaban J connectivity index is 1.48. The van der Waals surface area contributed by atoms with Crippen molar-refractivity contribution in [2.75, 3.05) is 28.6 Å². The molecule has 2 heterocycles. The number of nitrogens with one attached hydrogen (secondary N) is 2. The van der Waals surface area contributed by atoms with Crippen LogP contribution in [0.15, 0.2) is 60.7 Å². The van der Waals surface area contributed by atoms with Crippen molar-refractivity contribution in [3.05, 3.63) is 83.4 Å². The number of aromatic nitrogens is 1. The first-order valence-corrected chi connectivity index (χ1v) is 10.4. The summed E-state index contributed by atoms with van der Waals surface area (Å²) in [7, 11) is 0. The Morgan fingerprint density at radius 2 is 1.71 bits per heavy atom. The van der Waals surface area contributed by atoms with E-state index in [1.54, 1.807) is 30.3 Å². The Labute approximate surface area is 180 Å². The van der Waals surface area contributed by atoms with E-state index < -0.39 is 0 Å². The molecule has 1 amide bonds. The van der Waals surface area contributed by atoms with Crippen LogP contribution in [-0.2, 0) is 17.8 Å². The lowest BCUT2D eigenvalue weighted by atomic mass is 10.1. The SMILES string of the molecule is O=C(Cc1cccc(F)c1)Nc1ccc(NCc2ccc(F)cc2)nc1N1CCCC1. The lowest BCUT2D eigenvalue weighted by Gasteiger charge is -2.21. The molecule has 2 aromatic carbocycles. The molecule has 1 aromatic heterocycles. The minimum absolute atomic E-state index is 0.0851. The van der Waals surface area contributed by atoms with Crippen LogP contribution in [0.2, 0.25) is 0 Å². The van der Waals surface area contributed by atoms with Crippen molar-refractivity contribution >= 4 is 23.2 Å². The van der Waals surface area contributed by atoms with Crippen LogP contribution >= 0.6 is 0 Å². The molecule has 0 unspecified atom stereocenters. The summed E-state index contributed by atoms with van der Waals surface area (Å²) in [5.41, 5.74) is 2.19. The molecule has 0 saturated carbocycles. The zero-order valence-corrected chi connectivity index (χ0v) is 17.1. The highest BCUT2D eigenvalue weighted by Gasteiger charge is 2.19. The van der Waals surface area contributed by atoms with Crippen LogP contribution in [0.4, 0.5) is 26.1 Å². The first-order valence-electron chi connectivity index (χ1n) is 10.4. The van der Waals surface area contributed by atoms with Gasteiger partial charge in [0.2, 0.25) is 5.91 Å². The Kier molecular flexibility index (Phi) is 6.40. The Morgan fingerprint density at radius 1 is 0.935 bits per heavy atom. The van der Waals surface area contributed by atoms with Crippen molar-refractivity contribution < 1.29 is 13.6 Å². The molecular formula is C24H24F2N4O. The topological polar surface area (TPSA) is 57.3 Å². The second-order valence-electron chi connectivity index (χ2n) is 7.60. The molecule has 31 heavy (non-hydrogen) atoms. The number of rotatable bonds is 7. The minimum atomic E-state index is -0.360.